The first-order valence-corrected chi connectivity index (χ1v) is 31.9. The molecule has 416 valence electrons. The fourth-order valence-corrected chi connectivity index (χ4v) is 10.2. The molecule has 0 aromatic heterocycles. The highest BCUT2D eigenvalue weighted by molar-refractivity contribution is 5.76. The molecule has 0 fully saturated rings. The number of unbranched alkanes of at least 4 members (excludes halogenated alkanes) is 47. The first kappa shape index (κ1) is 68.6. The number of rotatable bonds is 60. The maximum atomic E-state index is 12.5. The van der Waals surface area contributed by atoms with Gasteiger partial charge < -0.3 is 20.3 Å². The highest BCUT2D eigenvalue weighted by Gasteiger charge is 2.20. The lowest BCUT2D eigenvalue weighted by molar-refractivity contribution is -0.143. The molecule has 0 aliphatic heterocycles. The van der Waals surface area contributed by atoms with Crippen LogP contribution >= 0.6 is 0 Å². The molecule has 0 spiro atoms. The Morgan fingerprint density at radius 2 is 0.671 bits per heavy atom. The molecule has 3 N–H and O–H groups in total. The van der Waals surface area contributed by atoms with E-state index < -0.39 is 12.1 Å². The maximum absolute atomic E-state index is 12.5. The number of hydrogen-bond acceptors (Lipinski definition) is 5. The molecule has 70 heavy (non-hydrogen) atoms. The zero-order valence-corrected chi connectivity index (χ0v) is 47.5. The molecule has 6 nitrogen and oxygen atoms in total. The molecule has 0 aliphatic carbocycles. The smallest absolute Gasteiger partial charge is 0.305 e. The van der Waals surface area contributed by atoms with Crippen LogP contribution in [0.1, 0.15) is 361 Å². The highest BCUT2D eigenvalue weighted by Crippen LogP contribution is 2.18. The predicted octanol–water partition coefficient (Wildman–Crippen LogP) is 20.0. The van der Waals surface area contributed by atoms with Crippen molar-refractivity contribution in [1.29, 1.82) is 0 Å². The second kappa shape index (κ2) is 60.2. The summed E-state index contributed by atoms with van der Waals surface area (Å²) in [5, 5.41) is 23.3. The van der Waals surface area contributed by atoms with Gasteiger partial charge in [-0.2, -0.15) is 0 Å². The summed E-state index contributed by atoms with van der Waals surface area (Å²) in [6, 6.07) is -0.540. The lowest BCUT2D eigenvalue weighted by Crippen LogP contribution is -2.45. The van der Waals surface area contributed by atoms with Crippen molar-refractivity contribution in [3.05, 3.63) is 12.2 Å². The van der Waals surface area contributed by atoms with Crippen molar-refractivity contribution in [3.63, 3.8) is 0 Å². The van der Waals surface area contributed by atoms with E-state index in [0.29, 0.717) is 25.9 Å². The Morgan fingerprint density at radius 1 is 0.386 bits per heavy atom. The molecule has 0 aliphatic rings. The van der Waals surface area contributed by atoms with Crippen molar-refractivity contribution in [2.45, 2.75) is 373 Å². The van der Waals surface area contributed by atoms with E-state index in [1.807, 2.05) is 0 Å². The van der Waals surface area contributed by atoms with Crippen molar-refractivity contribution in [2.24, 2.45) is 0 Å². The van der Waals surface area contributed by atoms with Crippen molar-refractivity contribution in [3.8, 4) is 0 Å². The molecule has 0 aromatic carbocycles. The van der Waals surface area contributed by atoms with Crippen LogP contribution in [0.5, 0.6) is 0 Å². The van der Waals surface area contributed by atoms with Crippen molar-refractivity contribution in [1.82, 2.24) is 5.32 Å². The highest BCUT2D eigenvalue weighted by atomic mass is 16.5. The summed E-state index contributed by atoms with van der Waals surface area (Å²) < 4.78 is 5.50. The van der Waals surface area contributed by atoms with E-state index in [-0.39, 0.29) is 18.5 Å². The fourth-order valence-electron chi connectivity index (χ4n) is 10.2. The second-order valence-corrected chi connectivity index (χ2v) is 22.1. The van der Waals surface area contributed by atoms with Gasteiger partial charge in [0.2, 0.25) is 5.91 Å². The van der Waals surface area contributed by atoms with E-state index in [1.54, 1.807) is 0 Å². The number of hydrogen-bond donors (Lipinski definition) is 3. The Morgan fingerprint density at radius 3 is 1.01 bits per heavy atom. The third kappa shape index (κ3) is 55.9. The summed E-state index contributed by atoms with van der Waals surface area (Å²) in [6.07, 6.45) is 72.2. The number of amides is 1. The number of allylic oxidation sites excluding steroid dienone is 2. The van der Waals surface area contributed by atoms with Crippen LogP contribution in [0.4, 0.5) is 0 Å². The molecular formula is C64H125NO5. The topological polar surface area (TPSA) is 95.9 Å². The number of nitrogens with one attached hydrogen (secondary N) is 1. The van der Waals surface area contributed by atoms with Gasteiger partial charge in [-0.05, 0) is 51.4 Å². The summed E-state index contributed by atoms with van der Waals surface area (Å²) in [4.78, 5) is 24.6. The van der Waals surface area contributed by atoms with Crippen molar-refractivity contribution >= 4 is 11.9 Å². The maximum Gasteiger partial charge on any atom is 0.305 e. The summed E-state index contributed by atoms with van der Waals surface area (Å²) in [7, 11) is 0. The van der Waals surface area contributed by atoms with Gasteiger partial charge in [0.1, 0.15) is 0 Å². The van der Waals surface area contributed by atoms with E-state index in [9.17, 15) is 19.8 Å². The van der Waals surface area contributed by atoms with Crippen LogP contribution < -0.4 is 5.32 Å². The van der Waals surface area contributed by atoms with E-state index in [4.69, 9.17) is 4.74 Å². The Labute approximate surface area is 438 Å². The molecule has 2 unspecified atom stereocenters. The molecule has 0 bridgehead atoms. The Kier molecular flexibility index (Phi) is 59.0. The number of aliphatic hydroxyl groups excluding tert-OH is 2. The van der Waals surface area contributed by atoms with Crippen LogP contribution in [0.25, 0.3) is 0 Å². The van der Waals surface area contributed by atoms with Crippen LogP contribution in [0.15, 0.2) is 12.2 Å². The van der Waals surface area contributed by atoms with E-state index in [1.165, 1.54) is 283 Å². The van der Waals surface area contributed by atoms with Gasteiger partial charge in [-0.25, -0.2) is 0 Å². The van der Waals surface area contributed by atoms with Gasteiger partial charge in [-0.15, -0.1) is 0 Å². The molecule has 0 rings (SSSR count). The molecule has 0 heterocycles. The third-order valence-corrected chi connectivity index (χ3v) is 15.1. The zero-order chi connectivity index (χ0) is 50.7. The van der Waals surface area contributed by atoms with Gasteiger partial charge in [0.15, 0.2) is 0 Å². The van der Waals surface area contributed by atoms with E-state index in [0.717, 1.165) is 44.9 Å². The quantitative estimate of drug-likeness (QED) is 0.0321. The van der Waals surface area contributed by atoms with Gasteiger partial charge in [-0.3, -0.25) is 9.59 Å². The first-order valence-electron chi connectivity index (χ1n) is 31.9. The van der Waals surface area contributed by atoms with E-state index >= 15 is 0 Å². The predicted molar refractivity (Wildman–Crippen MR) is 306 cm³/mol. The summed E-state index contributed by atoms with van der Waals surface area (Å²) >= 11 is 0. The number of aliphatic hydroxyl groups is 2. The molecule has 0 radical (unpaired) electrons. The Balaban J connectivity index is 3.35. The van der Waals surface area contributed by atoms with Crippen LogP contribution in [0.2, 0.25) is 0 Å². The average molecular weight is 989 g/mol. The van der Waals surface area contributed by atoms with Crippen LogP contribution in [0, 0.1) is 0 Å². The number of carbonyl (C=O) groups is 2. The lowest BCUT2D eigenvalue weighted by Gasteiger charge is -2.22. The minimum Gasteiger partial charge on any atom is -0.466 e. The molecule has 0 saturated carbocycles. The molecular weight excluding hydrogens is 863 g/mol. The van der Waals surface area contributed by atoms with Gasteiger partial charge in [-0.1, -0.05) is 309 Å². The summed E-state index contributed by atoms with van der Waals surface area (Å²) in [5.74, 6) is -0.0222. The van der Waals surface area contributed by atoms with Gasteiger partial charge in [0, 0.05) is 12.8 Å². The standard InChI is InChI=1S/C64H125NO5/c1-3-5-7-9-11-13-15-17-19-26-30-34-38-42-46-50-54-58-64(69)70-59-55-51-47-43-39-35-31-28-25-23-21-20-22-24-27-29-33-37-41-45-49-53-57-63(68)65-61(60-66)62(67)56-52-48-44-40-36-32-18-16-14-12-10-8-6-4-2/h17,19,61-62,66-67H,3-16,18,20-60H2,1-2H3,(H,65,68)/b19-17-. The van der Waals surface area contributed by atoms with Gasteiger partial charge in [0.05, 0.1) is 25.4 Å². The zero-order valence-electron chi connectivity index (χ0n) is 47.5. The number of carbonyl (C=O) groups excluding carboxylic acids is 2. The molecule has 2 atom stereocenters. The van der Waals surface area contributed by atoms with Crippen LogP contribution in [0.3, 0.4) is 0 Å². The van der Waals surface area contributed by atoms with E-state index in [2.05, 4.69) is 31.3 Å². The summed E-state index contributed by atoms with van der Waals surface area (Å²) in [6.45, 7) is 4.97. The largest absolute Gasteiger partial charge is 0.466 e. The molecule has 6 heteroatoms. The average Bonchev–Trinajstić information content (AvgIpc) is 3.36. The minimum absolute atomic E-state index is 0.0108. The number of ether oxygens (including phenoxy) is 1. The summed E-state index contributed by atoms with van der Waals surface area (Å²) in [5.41, 5.74) is 0. The molecule has 1 amide bonds. The first-order chi connectivity index (χ1) is 34.5. The minimum atomic E-state index is -0.663. The fraction of sp³-hybridized carbons (Fsp3) is 0.938. The molecule has 0 saturated heterocycles. The van der Waals surface area contributed by atoms with Crippen molar-refractivity contribution in [2.75, 3.05) is 13.2 Å². The van der Waals surface area contributed by atoms with Crippen molar-refractivity contribution < 1.29 is 24.5 Å². The lowest BCUT2D eigenvalue weighted by atomic mass is 10.0. The van der Waals surface area contributed by atoms with Crippen LogP contribution in [-0.2, 0) is 14.3 Å². The SMILES string of the molecule is CCCCCCCC/C=C\CCCCCCCCCC(=O)OCCCCCCCCCCCCCCCCCCCCCCCCC(=O)NC(CO)C(O)CCCCCCCCCCCCCCCC. The normalized spacial score (nSPS) is 12.6. The third-order valence-electron chi connectivity index (χ3n) is 15.1. The molecule has 0 aromatic rings. The van der Waals surface area contributed by atoms with Gasteiger partial charge >= 0.3 is 5.97 Å². The Bertz CT molecular complexity index is 1050. The number of esters is 1. The Hall–Kier alpha value is -1.40. The van der Waals surface area contributed by atoms with Gasteiger partial charge in [0.25, 0.3) is 0 Å². The monoisotopic (exact) mass is 988 g/mol. The second-order valence-electron chi connectivity index (χ2n) is 22.1. The van der Waals surface area contributed by atoms with Crippen LogP contribution in [-0.4, -0.2) is 47.4 Å².